The van der Waals surface area contributed by atoms with Crippen LogP contribution in [0.15, 0.2) is 48.5 Å². The summed E-state index contributed by atoms with van der Waals surface area (Å²) < 4.78 is 5.35. The summed E-state index contributed by atoms with van der Waals surface area (Å²) in [6.45, 7) is 3.78. The summed E-state index contributed by atoms with van der Waals surface area (Å²) >= 11 is 0. The Morgan fingerprint density at radius 2 is 1.75 bits per heavy atom. The van der Waals surface area contributed by atoms with Crippen molar-refractivity contribution < 1.29 is 14.3 Å². The Balaban J connectivity index is 1.46. The number of hydrogen-bond donors (Lipinski definition) is 1. The molecule has 2 aromatic carbocycles. The predicted octanol–water partition coefficient (Wildman–Crippen LogP) is 3.21. The maximum atomic E-state index is 12.7. The number of carbonyl (C=O) groups is 2. The molecule has 5 nitrogen and oxygen atoms in total. The van der Waals surface area contributed by atoms with Crippen LogP contribution in [0.25, 0.3) is 0 Å². The Kier molecular flexibility index (Phi) is 6.69. The molecular formula is C23H28N2O3. The molecule has 0 saturated carbocycles. The largest absolute Gasteiger partial charge is 0.496 e. The molecule has 1 aliphatic rings. The third-order valence-electron chi connectivity index (χ3n) is 5.41. The van der Waals surface area contributed by atoms with Gasteiger partial charge < -0.3 is 15.0 Å². The molecule has 1 saturated heterocycles. The molecule has 0 unspecified atom stereocenters. The highest BCUT2D eigenvalue weighted by Gasteiger charge is 2.28. The van der Waals surface area contributed by atoms with E-state index in [1.807, 2.05) is 60.4 Å². The predicted molar refractivity (Wildman–Crippen MR) is 110 cm³/mol. The number of para-hydroxylation sites is 1. The first-order valence-corrected chi connectivity index (χ1v) is 9.84. The van der Waals surface area contributed by atoms with E-state index in [9.17, 15) is 9.59 Å². The molecule has 0 bridgehead atoms. The van der Waals surface area contributed by atoms with Gasteiger partial charge in [-0.3, -0.25) is 9.59 Å². The summed E-state index contributed by atoms with van der Waals surface area (Å²) in [4.78, 5) is 27.1. The van der Waals surface area contributed by atoms with Crippen LogP contribution in [-0.4, -0.2) is 43.5 Å². The molecule has 0 aliphatic carbocycles. The molecule has 0 radical (unpaired) electrons. The second-order valence-corrected chi connectivity index (χ2v) is 7.23. The van der Waals surface area contributed by atoms with E-state index < -0.39 is 0 Å². The summed E-state index contributed by atoms with van der Waals surface area (Å²) in [5.41, 5.74) is 2.83. The van der Waals surface area contributed by atoms with Crippen LogP contribution in [-0.2, 0) is 11.2 Å². The Bertz CT molecular complexity index is 826. The molecule has 1 fully saturated rings. The molecule has 3 rings (SSSR count). The van der Waals surface area contributed by atoms with Crippen LogP contribution in [0, 0.1) is 12.8 Å². The Labute approximate surface area is 166 Å². The molecule has 0 atom stereocenters. The fourth-order valence-corrected chi connectivity index (χ4v) is 3.70. The molecule has 1 N–H and O–H groups in total. The molecule has 2 aromatic rings. The zero-order chi connectivity index (χ0) is 19.9. The van der Waals surface area contributed by atoms with Crippen LogP contribution in [0.2, 0.25) is 0 Å². The monoisotopic (exact) mass is 380 g/mol. The topological polar surface area (TPSA) is 58.6 Å². The van der Waals surface area contributed by atoms with Gasteiger partial charge in [0.1, 0.15) is 5.75 Å². The van der Waals surface area contributed by atoms with E-state index in [1.54, 1.807) is 7.11 Å². The van der Waals surface area contributed by atoms with Crippen molar-refractivity contribution in [2.24, 2.45) is 5.92 Å². The molecule has 1 aliphatic heterocycles. The van der Waals surface area contributed by atoms with Gasteiger partial charge >= 0.3 is 0 Å². The quantitative estimate of drug-likeness (QED) is 0.837. The normalized spacial score (nSPS) is 14.6. The van der Waals surface area contributed by atoms with Crippen molar-refractivity contribution in [2.75, 3.05) is 26.7 Å². The average molecular weight is 380 g/mol. The van der Waals surface area contributed by atoms with E-state index in [1.165, 1.54) is 0 Å². The molecule has 148 valence electrons. The molecule has 28 heavy (non-hydrogen) atoms. The van der Waals surface area contributed by atoms with Crippen LogP contribution in [0.4, 0.5) is 0 Å². The van der Waals surface area contributed by atoms with Gasteiger partial charge in [-0.2, -0.15) is 0 Å². The lowest BCUT2D eigenvalue weighted by molar-refractivity contribution is -0.126. The fraction of sp³-hybridized carbons (Fsp3) is 0.391. The Hall–Kier alpha value is -2.82. The van der Waals surface area contributed by atoms with Gasteiger partial charge in [0.2, 0.25) is 5.91 Å². The number of benzene rings is 2. The number of ether oxygens (including phenoxy) is 1. The number of methoxy groups -OCH3 is 1. The fourth-order valence-electron chi connectivity index (χ4n) is 3.70. The highest BCUT2D eigenvalue weighted by Crippen LogP contribution is 2.21. The smallest absolute Gasteiger partial charge is 0.254 e. The summed E-state index contributed by atoms with van der Waals surface area (Å²) in [7, 11) is 1.66. The van der Waals surface area contributed by atoms with Crippen LogP contribution in [0.1, 0.15) is 34.3 Å². The molecule has 5 heteroatoms. The Morgan fingerprint density at radius 3 is 2.46 bits per heavy atom. The van der Waals surface area contributed by atoms with Gasteiger partial charge in [-0.15, -0.1) is 0 Å². The molecular weight excluding hydrogens is 352 g/mol. The van der Waals surface area contributed by atoms with Gasteiger partial charge in [-0.1, -0.05) is 36.4 Å². The van der Waals surface area contributed by atoms with Gasteiger partial charge in [0.05, 0.1) is 7.11 Å². The van der Waals surface area contributed by atoms with Crippen molar-refractivity contribution in [1.82, 2.24) is 10.2 Å². The number of likely N-dealkylation sites (tertiary alicyclic amines) is 1. The van der Waals surface area contributed by atoms with Crippen LogP contribution in [0.5, 0.6) is 5.75 Å². The summed E-state index contributed by atoms with van der Waals surface area (Å²) in [6, 6.07) is 15.5. The lowest BCUT2D eigenvalue weighted by atomic mass is 9.95. The minimum absolute atomic E-state index is 0.0291. The van der Waals surface area contributed by atoms with Crippen molar-refractivity contribution >= 4 is 11.8 Å². The van der Waals surface area contributed by atoms with E-state index in [0.717, 1.165) is 28.9 Å². The summed E-state index contributed by atoms with van der Waals surface area (Å²) in [5.74, 6) is 0.962. The second kappa shape index (κ2) is 9.40. The van der Waals surface area contributed by atoms with Crippen molar-refractivity contribution in [1.29, 1.82) is 0 Å². The van der Waals surface area contributed by atoms with Gasteiger partial charge in [-0.25, -0.2) is 0 Å². The van der Waals surface area contributed by atoms with E-state index in [0.29, 0.717) is 32.5 Å². The highest BCUT2D eigenvalue weighted by molar-refractivity contribution is 5.95. The van der Waals surface area contributed by atoms with Crippen LogP contribution >= 0.6 is 0 Å². The number of rotatable bonds is 6. The highest BCUT2D eigenvalue weighted by atomic mass is 16.5. The first-order chi connectivity index (χ1) is 13.6. The minimum atomic E-state index is -0.0291. The van der Waals surface area contributed by atoms with E-state index in [4.69, 9.17) is 4.74 Å². The number of piperidine rings is 1. The number of carbonyl (C=O) groups excluding carboxylic acids is 2. The second-order valence-electron chi connectivity index (χ2n) is 7.23. The van der Waals surface area contributed by atoms with Crippen molar-refractivity contribution in [2.45, 2.75) is 26.2 Å². The van der Waals surface area contributed by atoms with Crippen molar-refractivity contribution in [3.63, 3.8) is 0 Å². The first kappa shape index (κ1) is 19.9. The zero-order valence-electron chi connectivity index (χ0n) is 16.6. The van der Waals surface area contributed by atoms with Crippen molar-refractivity contribution in [3.05, 3.63) is 65.2 Å². The van der Waals surface area contributed by atoms with Crippen LogP contribution < -0.4 is 10.1 Å². The number of hydrogen-bond acceptors (Lipinski definition) is 3. The third kappa shape index (κ3) is 4.71. The molecule has 1 heterocycles. The summed E-state index contributed by atoms with van der Waals surface area (Å²) in [6.07, 6.45) is 2.15. The first-order valence-electron chi connectivity index (χ1n) is 9.84. The average Bonchev–Trinajstić information content (AvgIpc) is 2.74. The third-order valence-corrected chi connectivity index (χ3v) is 5.41. The molecule has 0 aromatic heterocycles. The number of nitrogens with zero attached hydrogens (tertiary/aromatic N) is 1. The number of nitrogens with one attached hydrogen (secondary N) is 1. The van der Waals surface area contributed by atoms with Gasteiger partial charge in [0.15, 0.2) is 0 Å². The van der Waals surface area contributed by atoms with Crippen LogP contribution in [0.3, 0.4) is 0 Å². The number of aryl methyl sites for hydroxylation is 1. The van der Waals surface area contributed by atoms with E-state index in [2.05, 4.69) is 5.32 Å². The number of amides is 2. The van der Waals surface area contributed by atoms with Gasteiger partial charge in [-0.05, 0) is 49.4 Å². The zero-order valence-corrected chi connectivity index (χ0v) is 16.6. The molecule has 2 amide bonds. The minimum Gasteiger partial charge on any atom is -0.496 e. The maximum Gasteiger partial charge on any atom is 0.254 e. The van der Waals surface area contributed by atoms with Gasteiger partial charge in [0, 0.05) is 31.1 Å². The van der Waals surface area contributed by atoms with E-state index >= 15 is 0 Å². The van der Waals surface area contributed by atoms with Gasteiger partial charge in [0.25, 0.3) is 5.91 Å². The van der Waals surface area contributed by atoms with E-state index in [-0.39, 0.29) is 17.7 Å². The molecule has 0 spiro atoms. The van der Waals surface area contributed by atoms with Crippen molar-refractivity contribution in [3.8, 4) is 5.75 Å². The SMILES string of the molecule is COc1ccccc1CCNC(=O)C1CCN(C(=O)c2ccccc2C)CC1. The standard InChI is InChI=1S/C23H28N2O3/c1-17-7-3-5-9-20(17)23(27)25-15-12-19(13-16-25)22(26)24-14-11-18-8-4-6-10-21(18)28-2/h3-10,19H,11-16H2,1-2H3,(H,24,26). The lowest BCUT2D eigenvalue weighted by Crippen LogP contribution is -2.43. The lowest BCUT2D eigenvalue weighted by Gasteiger charge is -2.31. The maximum absolute atomic E-state index is 12.7. The summed E-state index contributed by atoms with van der Waals surface area (Å²) in [5, 5.41) is 3.04. The Morgan fingerprint density at radius 1 is 1.07 bits per heavy atom.